The molecular weight excluding hydrogens is 280 g/mol. The molecule has 5 heteroatoms. The SMILES string of the molecule is CC1(C)Oc2ccccc2N(CCC(=O)N2CCCC2)C1=O. The van der Waals surface area contributed by atoms with Gasteiger partial charge >= 0.3 is 0 Å². The quantitative estimate of drug-likeness (QED) is 0.860. The lowest BCUT2D eigenvalue weighted by atomic mass is 10.0. The summed E-state index contributed by atoms with van der Waals surface area (Å²) in [5.74, 6) is 0.730. The second-order valence-corrected chi connectivity index (χ2v) is 6.37. The molecule has 118 valence electrons. The minimum absolute atomic E-state index is 0.0968. The number of rotatable bonds is 3. The molecule has 0 unspecified atom stereocenters. The van der Waals surface area contributed by atoms with Crippen molar-refractivity contribution in [2.24, 2.45) is 0 Å². The number of hydrogen-bond acceptors (Lipinski definition) is 3. The Morgan fingerprint density at radius 2 is 1.91 bits per heavy atom. The van der Waals surface area contributed by atoms with Crippen molar-refractivity contribution in [1.82, 2.24) is 4.90 Å². The first kappa shape index (κ1) is 14.9. The van der Waals surface area contributed by atoms with Gasteiger partial charge in [0, 0.05) is 26.1 Å². The number of para-hydroxylation sites is 2. The van der Waals surface area contributed by atoms with E-state index in [0.717, 1.165) is 31.6 Å². The average Bonchev–Trinajstić information content (AvgIpc) is 3.01. The summed E-state index contributed by atoms with van der Waals surface area (Å²) in [6.45, 7) is 5.62. The number of anilines is 1. The van der Waals surface area contributed by atoms with Crippen LogP contribution in [0.1, 0.15) is 33.1 Å². The van der Waals surface area contributed by atoms with Crippen molar-refractivity contribution < 1.29 is 14.3 Å². The molecule has 0 aromatic heterocycles. The molecule has 1 aromatic carbocycles. The Bertz CT molecular complexity index is 591. The Kier molecular flexibility index (Phi) is 3.81. The lowest BCUT2D eigenvalue weighted by Gasteiger charge is -2.38. The molecule has 22 heavy (non-hydrogen) atoms. The van der Waals surface area contributed by atoms with E-state index in [1.807, 2.05) is 29.2 Å². The maximum Gasteiger partial charge on any atom is 0.270 e. The van der Waals surface area contributed by atoms with Crippen LogP contribution in [0.15, 0.2) is 24.3 Å². The zero-order chi connectivity index (χ0) is 15.7. The van der Waals surface area contributed by atoms with Gasteiger partial charge in [0.15, 0.2) is 5.60 Å². The highest BCUT2D eigenvalue weighted by Gasteiger charge is 2.40. The Morgan fingerprint density at radius 3 is 2.64 bits per heavy atom. The van der Waals surface area contributed by atoms with Gasteiger partial charge < -0.3 is 14.5 Å². The van der Waals surface area contributed by atoms with Crippen LogP contribution in [-0.4, -0.2) is 41.9 Å². The highest BCUT2D eigenvalue weighted by atomic mass is 16.5. The third kappa shape index (κ3) is 2.67. The van der Waals surface area contributed by atoms with Gasteiger partial charge in [-0.1, -0.05) is 12.1 Å². The summed E-state index contributed by atoms with van der Waals surface area (Å²) in [6, 6.07) is 7.49. The number of benzene rings is 1. The molecular formula is C17H22N2O3. The van der Waals surface area contributed by atoms with Gasteiger partial charge in [0.25, 0.3) is 5.91 Å². The van der Waals surface area contributed by atoms with E-state index in [0.29, 0.717) is 18.7 Å². The van der Waals surface area contributed by atoms with Crippen molar-refractivity contribution in [1.29, 1.82) is 0 Å². The molecule has 2 aliphatic rings. The van der Waals surface area contributed by atoms with Crippen LogP contribution in [0.25, 0.3) is 0 Å². The van der Waals surface area contributed by atoms with Crippen molar-refractivity contribution in [3.8, 4) is 5.75 Å². The van der Waals surface area contributed by atoms with Crippen LogP contribution in [0.5, 0.6) is 5.75 Å². The normalized spacial score (nSPS) is 19.8. The fraction of sp³-hybridized carbons (Fsp3) is 0.529. The van der Waals surface area contributed by atoms with Crippen LogP contribution in [0.2, 0.25) is 0 Å². The maximum absolute atomic E-state index is 12.6. The Morgan fingerprint density at radius 1 is 1.23 bits per heavy atom. The summed E-state index contributed by atoms with van der Waals surface area (Å²) in [4.78, 5) is 28.4. The van der Waals surface area contributed by atoms with E-state index >= 15 is 0 Å². The first-order valence-electron chi connectivity index (χ1n) is 7.87. The smallest absolute Gasteiger partial charge is 0.270 e. The van der Waals surface area contributed by atoms with Gasteiger partial charge in [-0.3, -0.25) is 9.59 Å². The van der Waals surface area contributed by atoms with Crippen molar-refractivity contribution in [3.63, 3.8) is 0 Å². The Hall–Kier alpha value is -2.04. The molecule has 3 rings (SSSR count). The second kappa shape index (κ2) is 5.63. The second-order valence-electron chi connectivity index (χ2n) is 6.37. The fourth-order valence-electron chi connectivity index (χ4n) is 3.07. The molecule has 0 bridgehead atoms. The third-order valence-corrected chi connectivity index (χ3v) is 4.29. The van der Waals surface area contributed by atoms with Gasteiger partial charge in [0.1, 0.15) is 5.75 Å². The van der Waals surface area contributed by atoms with Gasteiger partial charge in [-0.25, -0.2) is 0 Å². The number of ether oxygens (including phenoxy) is 1. The standard InChI is InChI=1S/C17H22N2O3/c1-17(2)16(21)19(13-7-3-4-8-14(13)22-17)12-9-15(20)18-10-5-6-11-18/h3-4,7-8H,5-6,9-12H2,1-2H3. The number of likely N-dealkylation sites (tertiary alicyclic amines) is 1. The molecule has 0 radical (unpaired) electrons. The Labute approximate surface area is 130 Å². The molecule has 0 saturated carbocycles. The minimum Gasteiger partial charge on any atom is -0.476 e. The van der Waals surface area contributed by atoms with Crippen LogP contribution in [0.4, 0.5) is 5.69 Å². The summed E-state index contributed by atoms with van der Waals surface area (Å²) in [6.07, 6.45) is 2.52. The van der Waals surface area contributed by atoms with E-state index in [1.165, 1.54) is 0 Å². The molecule has 2 amide bonds. The third-order valence-electron chi connectivity index (χ3n) is 4.29. The first-order valence-corrected chi connectivity index (χ1v) is 7.87. The summed E-state index contributed by atoms with van der Waals surface area (Å²) in [5, 5.41) is 0. The lowest BCUT2D eigenvalue weighted by molar-refractivity contribution is -0.133. The van der Waals surface area contributed by atoms with Crippen LogP contribution in [-0.2, 0) is 9.59 Å². The molecule has 0 aliphatic carbocycles. The summed E-state index contributed by atoms with van der Waals surface area (Å²) in [5.41, 5.74) is -0.147. The molecule has 1 fully saturated rings. The molecule has 2 aliphatic heterocycles. The van der Waals surface area contributed by atoms with Crippen molar-refractivity contribution in [2.45, 2.75) is 38.7 Å². The van der Waals surface area contributed by atoms with E-state index in [4.69, 9.17) is 4.74 Å². The summed E-state index contributed by atoms with van der Waals surface area (Å²) in [7, 11) is 0. The topological polar surface area (TPSA) is 49.9 Å². The van der Waals surface area contributed by atoms with Gasteiger partial charge in [-0.05, 0) is 38.8 Å². The molecule has 0 spiro atoms. The molecule has 0 N–H and O–H groups in total. The van der Waals surface area contributed by atoms with Crippen molar-refractivity contribution >= 4 is 17.5 Å². The molecule has 1 saturated heterocycles. The Balaban J connectivity index is 1.76. The number of hydrogen-bond donors (Lipinski definition) is 0. The monoisotopic (exact) mass is 302 g/mol. The van der Waals surface area contributed by atoms with Crippen LogP contribution in [0, 0.1) is 0 Å². The van der Waals surface area contributed by atoms with E-state index in [1.54, 1.807) is 18.7 Å². The number of amides is 2. The number of fused-ring (bicyclic) bond motifs is 1. The predicted octanol–water partition coefficient (Wildman–Crippen LogP) is 2.20. The van der Waals surface area contributed by atoms with Crippen LogP contribution < -0.4 is 9.64 Å². The largest absolute Gasteiger partial charge is 0.476 e. The lowest BCUT2D eigenvalue weighted by Crippen LogP contribution is -2.53. The average molecular weight is 302 g/mol. The number of carbonyl (C=O) groups is 2. The molecule has 5 nitrogen and oxygen atoms in total. The van der Waals surface area contributed by atoms with E-state index in [-0.39, 0.29) is 11.8 Å². The minimum atomic E-state index is -0.898. The van der Waals surface area contributed by atoms with Crippen LogP contribution >= 0.6 is 0 Å². The molecule has 1 aromatic rings. The van der Waals surface area contributed by atoms with Gasteiger partial charge in [-0.15, -0.1) is 0 Å². The summed E-state index contributed by atoms with van der Waals surface area (Å²) >= 11 is 0. The van der Waals surface area contributed by atoms with Crippen molar-refractivity contribution in [2.75, 3.05) is 24.5 Å². The van der Waals surface area contributed by atoms with E-state index < -0.39 is 5.60 Å². The van der Waals surface area contributed by atoms with E-state index in [9.17, 15) is 9.59 Å². The van der Waals surface area contributed by atoms with Gasteiger partial charge in [0.2, 0.25) is 5.91 Å². The zero-order valence-corrected chi connectivity index (χ0v) is 13.2. The van der Waals surface area contributed by atoms with Crippen molar-refractivity contribution in [3.05, 3.63) is 24.3 Å². The molecule has 0 atom stereocenters. The highest BCUT2D eigenvalue weighted by Crippen LogP contribution is 2.37. The summed E-state index contributed by atoms with van der Waals surface area (Å²) < 4.78 is 5.78. The highest BCUT2D eigenvalue weighted by molar-refractivity contribution is 6.02. The van der Waals surface area contributed by atoms with Gasteiger partial charge in [-0.2, -0.15) is 0 Å². The zero-order valence-electron chi connectivity index (χ0n) is 13.2. The number of nitrogens with zero attached hydrogens (tertiary/aromatic N) is 2. The van der Waals surface area contributed by atoms with E-state index in [2.05, 4.69) is 0 Å². The maximum atomic E-state index is 12.6. The number of carbonyl (C=O) groups excluding carboxylic acids is 2. The van der Waals surface area contributed by atoms with Crippen LogP contribution in [0.3, 0.4) is 0 Å². The first-order chi connectivity index (χ1) is 10.5. The molecule has 2 heterocycles. The van der Waals surface area contributed by atoms with Gasteiger partial charge in [0.05, 0.1) is 5.69 Å². The fourth-order valence-corrected chi connectivity index (χ4v) is 3.07. The predicted molar refractivity (Wildman–Crippen MR) is 83.9 cm³/mol.